The van der Waals surface area contributed by atoms with Crippen molar-refractivity contribution in [3.63, 3.8) is 0 Å². The van der Waals surface area contributed by atoms with Crippen LogP contribution >= 0.6 is 0 Å². The van der Waals surface area contributed by atoms with Crippen molar-refractivity contribution in [1.29, 1.82) is 0 Å². The van der Waals surface area contributed by atoms with Crippen LogP contribution in [0.5, 0.6) is 0 Å². The number of ether oxygens (including phenoxy) is 1. The third-order valence-electron chi connectivity index (χ3n) is 4.75. The van der Waals surface area contributed by atoms with E-state index in [0.29, 0.717) is 13.0 Å². The Morgan fingerprint density at radius 1 is 1.33 bits per heavy atom. The number of aliphatic carboxylic acids is 1. The minimum absolute atomic E-state index is 0.0446. The Kier molecular flexibility index (Phi) is 4.57. The number of aryl methyl sites for hydroxylation is 1. The van der Waals surface area contributed by atoms with Crippen LogP contribution in [-0.2, 0) is 20.9 Å². The number of rotatable bonds is 5. The summed E-state index contributed by atoms with van der Waals surface area (Å²) in [6, 6.07) is 9.69. The molecular weight excluding hydrogens is 308 g/mol. The first-order valence-corrected chi connectivity index (χ1v) is 8.08. The molecule has 1 fully saturated rings. The molecule has 3 rings (SSSR count). The number of carbonyl (C=O) groups is 2. The van der Waals surface area contributed by atoms with E-state index in [1.54, 1.807) is 12.0 Å². The maximum Gasteiger partial charge on any atom is 0.305 e. The van der Waals surface area contributed by atoms with Gasteiger partial charge in [0.2, 0.25) is 5.91 Å². The maximum absolute atomic E-state index is 12.8. The van der Waals surface area contributed by atoms with Crippen molar-refractivity contribution in [3.05, 3.63) is 36.0 Å². The Balaban J connectivity index is 1.82. The van der Waals surface area contributed by atoms with E-state index in [1.807, 2.05) is 35.8 Å². The highest BCUT2D eigenvalue weighted by Crippen LogP contribution is 2.25. The van der Waals surface area contributed by atoms with Crippen LogP contribution in [0, 0.1) is 6.92 Å². The molecule has 0 saturated carbocycles. The van der Waals surface area contributed by atoms with E-state index in [1.165, 1.54) is 0 Å². The first-order valence-electron chi connectivity index (χ1n) is 8.08. The standard InChI is InChI=1S/C18H22N2O4/c1-12-7-13-5-3-4-6-16(13)19(12)11-17(21)20-10-15(24-2)8-14(20)9-18(22)23/h3-7,14-15H,8-11H2,1-2H3,(H,22,23). The number of fused-ring (bicyclic) bond motifs is 1. The van der Waals surface area contributed by atoms with Gasteiger partial charge < -0.3 is 19.3 Å². The number of amides is 1. The molecule has 1 aromatic heterocycles. The number of aromatic nitrogens is 1. The molecule has 2 atom stereocenters. The van der Waals surface area contributed by atoms with E-state index in [4.69, 9.17) is 9.84 Å². The van der Waals surface area contributed by atoms with Crippen LogP contribution in [0.4, 0.5) is 0 Å². The van der Waals surface area contributed by atoms with Crippen LogP contribution < -0.4 is 0 Å². The van der Waals surface area contributed by atoms with Crippen molar-refractivity contribution in [3.8, 4) is 0 Å². The van der Waals surface area contributed by atoms with Crippen molar-refractivity contribution in [1.82, 2.24) is 9.47 Å². The summed E-state index contributed by atoms with van der Waals surface area (Å²) >= 11 is 0. The summed E-state index contributed by atoms with van der Waals surface area (Å²) < 4.78 is 7.32. The van der Waals surface area contributed by atoms with Gasteiger partial charge in [-0.15, -0.1) is 0 Å². The van der Waals surface area contributed by atoms with Gasteiger partial charge in [-0.05, 0) is 30.9 Å². The minimum Gasteiger partial charge on any atom is -0.481 e. The number of carboxylic acids is 1. The lowest BCUT2D eigenvalue weighted by atomic mass is 10.1. The molecule has 1 aliphatic heterocycles. The van der Waals surface area contributed by atoms with Gasteiger partial charge in [0.25, 0.3) is 0 Å². The molecule has 0 spiro atoms. The van der Waals surface area contributed by atoms with Gasteiger partial charge in [0.05, 0.1) is 12.5 Å². The average molecular weight is 330 g/mol. The molecule has 0 bridgehead atoms. The predicted octanol–water partition coefficient (Wildman–Crippen LogP) is 2.04. The van der Waals surface area contributed by atoms with Gasteiger partial charge in [0.15, 0.2) is 0 Å². The zero-order valence-corrected chi connectivity index (χ0v) is 13.9. The Hall–Kier alpha value is -2.34. The number of hydrogen-bond donors (Lipinski definition) is 1. The fourth-order valence-electron chi connectivity index (χ4n) is 3.53. The van der Waals surface area contributed by atoms with Gasteiger partial charge in [-0.3, -0.25) is 9.59 Å². The SMILES string of the molecule is COC1CC(CC(=O)O)N(C(=O)Cn2c(C)cc3ccccc32)C1. The van der Waals surface area contributed by atoms with Crippen molar-refractivity contribution < 1.29 is 19.4 Å². The summed E-state index contributed by atoms with van der Waals surface area (Å²) in [5, 5.41) is 10.2. The van der Waals surface area contributed by atoms with E-state index in [9.17, 15) is 9.59 Å². The van der Waals surface area contributed by atoms with Gasteiger partial charge in [-0.2, -0.15) is 0 Å². The Morgan fingerprint density at radius 3 is 2.79 bits per heavy atom. The molecule has 1 aliphatic rings. The highest BCUT2D eigenvalue weighted by molar-refractivity contribution is 5.84. The number of nitrogens with zero attached hydrogens (tertiary/aromatic N) is 2. The quantitative estimate of drug-likeness (QED) is 0.911. The van der Waals surface area contributed by atoms with Crippen LogP contribution in [-0.4, -0.2) is 52.3 Å². The summed E-state index contributed by atoms with van der Waals surface area (Å²) in [5.74, 6) is -0.956. The zero-order valence-electron chi connectivity index (χ0n) is 13.9. The number of benzene rings is 1. The molecular formula is C18H22N2O4. The van der Waals surface area contributed by atoms with Crippen molar-refractivity contribution >= 4 is 22.8 Å². The molecule has 0 radical (unpaired) electrons. The molecule has 2 unspecified atom stereocenters. The van der Waals surface area contributed by atoms with Crippen LogP contribution in [0.2, 0.25) is 0 Å². The Labute approximate surface area is 140 Å². The number of carboxylic acid groups (broad SMARTS) is 1. The summed E-state index contributed by atoms with van der Waals surface area (Å²) in [6.45, 7) is 2.64. The van der Waals surface area contributed by atoms with Crippen LogP contribution in [0.3, 0.4) is 0 Å². The van der Waals surface area contributed by atoms with Crippen LogP contribution in [0.15, 0.2) is 30.3 Å². The third kappa shape index (κ3) is 3.14. The van der Waals surface area contributed by atoms with E-state index < -0.39 is 5.97 Å². The smallest absolute Gasteiger partial charge is 0.305 e. The van der Waals surface area contributed by atoms with Gasteiger partial charge in [-0.1, -0.05) is 18.2 Å². The summed E-state index contributed by atoms with van der Waals surface area (Å²) in [6.07, 6.45) is 0.428. The van der Waals surface area contributed by atoms with E-state index in [0.717, 1.165) is 16.6 Å². The highest BCUT2D eigenvalue weighted by atomic mass is 16.5. The lowest BCUT2D eigenvalue weighted by Gasteiger charge is -2.24. The molecule has 6 heteroatoms. The molecule has 6 nitrogen and oxygen atoms in total. The molecule has 2 heterocycles. The number of para-hydroxylation sites is 1. The molecule has 1 amide bonds. The zero-order chi connectivity index (χ0) is 17.3. The van der Waals surface area contributed by atoms with Gasteiger partial charge in [0, 0.05) is 30.9 Å². The van der Waals surface area contributed by atoms with Crippen molar-refractivity contribution in [2.24, 2.45) is 0 Å². The fourth-order valence-corrected chi connectivity index (χ4v) is 3.53. The first-order chi connectivity index (χ1) is 11.5. The largest absolute Gasteiger partial charge is 0.481 e. The first kappa shape index (κ1) is 16.5. The topological polar surface area (TPSA) is 71.8 Å². The van der Waals surface area contributed by atoms with Crippen LogP contribution in [0.1, 0.15) is 18.5 Å². The fraction of sp³-hybridized carbons (Fsp3) is 0.444. The van der Waals surface area contributed by atoms with Gasteiger partial charge in [0.1, 0.15) is 6.54 Å². The molecule has 1 saturated heterocycles. The second-order valence-electron chi connectivity index (χ2n) is 6.32. The number of carbonyl (C=O) groups excluding carboxylic acids is 1. The van der Waals surface area contributed by atoms with Crippen molar-refractivity contribution in [2.45, 2.75) is 38.5 Å². The maximum atomic E-state index is 12.8. The lowest BCUT2D eigenvalue weighted by molar-refractivity contribution is -0.140. The normalized spacial score (nSPS) is 20.7. The average Bonchev–Trinajstić information content (AvgIpc) is 3.08. The molecule has 128 valence electrons. The Morgan fingerprint density at radius 2 is 2.08 bits per heavy atom. The highest BCUT2D eigenvalue weighted by Gasteiger charge is 2.36. The monoisotopic (exact) mass is 330 g/mol. The number of hydrogen-bond acceptors (Lipinski definition) is 3. The summed E-state index contributed by atoms with van der Waals surface area (Å²) in [7, 11) is 1.60. The predicted molar refractivity (Wildman–Crippen MR) is 89.8 cm³/mol. The number of methoxy groups -OCH3 is 1. The molecule has 0 aliphatic carbocycles. The van der Waals surface area contributed by atoms with Gasteiger partial charge >= 0.3 is 5.97 Å². The molecule has 1 N–H and O–H groups in total. The minimum atomic E-state index is -0.892. The third-order valence-corrected chi connectivity index (χ3v) is 4.75. The lowest BCUT2D eigenvalue weighted by Crippen LogP contribution is -2.39. The second-order valence-corrected chi connectivity index (χ2v) is 6.32. The van der Waals surface area contributed by atoms with E-state index in [2.05, 4.69) is 6.07 Å². The van der Waals surface area contributed by atoms with Crippen LogP contribution in [0.25, 0.3) is 10.9 Å². The van der Waals surface area contributed by atoms with E-state index in [-0.39, 0.29) is 31.0 Å². The number of likely N-dealkylation sites (tertiary alicyclic amines) is 1. The molecule has 24 heavy (non-hydrogen) atoms. The summed E-state index contributed by atoms with van der Waals surface area (Å²) in [4.78, 5) is 25.6. The van der Waals surface area contributed by atoms with Crippen molar-refractivity contribution in [2.75, 3.05) is 13.7 Å². The second kappa shape index (κ2) is 6.65. The Bertz CT molecular complexity index is 767. The van der Waals surface area contributed by atoms with Gasteiger partial charge in [-0.25, -0.2) is 0 Å². The molecule has 1 aromatic carbocycles. The summed E-state index contributed by atoms with van der Waals surface area (Å²) in [5.41, 5.74) is 2.03. The van der Waals surface area contributed by atoms with E-state index >= 15 is 0 Å². The molecule has 2 aromatic rings.